The van der Waals surface area contributed by atoms with Crippen LogP contribution in [-0.4, -0.2) is 53.0 Å². The fraction of sp³-hybridized carbons (Fsp3) is 0.471. The van der Waals surface area contributed by atoms with Gasteiger partial charge in [0.25, 0.3) is 0 Å². The number of hydrogen-bond donors (Lipinski definition) is 2. The highest BCUT2D eigenvalue weighted by Crippen LogP contribution is 2.19. The van der Waals surface area contributed by atoms with Crippen molar-refractivity contribution in [3.05, 3.63) is 35.5 Å². The van der Waals surface area contributed by atoms with E-state index in [9.17, 15) is 4.79 Å². The van der Waals surface area contributed by atoms with Gasteiger partial charge in [-0.3, -0.25) is 9.69 Å². The number of pyridine rings is 1. The van der Waals surface area contributed by atoms with Crippen LogP contribution in [0.25, 0.3) is 0 Å². The fourth-order valence-electron chi connectivity index (χ4n) is 2.73. The van der Waals surface area contributed by atoms with Gasteiger partial charge in [-0.15, -0.1) is 11.3 Å². The second-order valence-electron chi connectivity index (χ2n) is 6.10. The summed E-state index contributed by atoms with van der Waals surface area (Å²) in [7, 11) is 0. The average Bonchev–Trinajstić information content (AvgIpc) is 3.09. The number of aromatic nitrogens is 2. The molecule has 3 rings (SSSR count). The standard InChI is InChI=1S/C17H24N6OS/c1-2-14(18)16(24)21-17-20-13(12-25-17)11-22-7-9-23(10-8-22)15-5-3-4-6-19-15/h3-6,12,14H,2,7-11,18H2,1H3,(H,20,21,24)/t14-/m0/s1. The Balaban J connectivity index is 1.49. The lowest BCUT2D eigenvalue weighted by Gasteiger charge is -2.35. The third-order valence-electron chi connectivity index (χ3n) is 4.29. The van der Waals surface area contributed by atoms with Crippen LogP contribution in [0.1, 0.15) is 19.0 Å². The molecule has 0 unspecified atom stereocenters. The largest absolute Gasteiger partial charge is 0.354 e. The highest BCUT2D eigenvalue weighted by atomic mass is 32.1. The minimum atomic E-state index is -0.480. The van der Waals surface area contributed by atoms with Gasteiger partial charge in [-0.05, 0) is 18.6 Å². The molecular weight excluding hydrogens is 336 g/mol. The first-order valence-electron chi connectivity index (χ1n) is 8.55. The molecule has 0 saturated carbocycles. The molecule has 7 nitrogen and oxygen atoms in total. The molecule has 0 spiro atoms. The first-order valence-corrected chi connectivity index (χ1v) is 9.43. The first kappa shape index (κ1) is 17.8. The highest BCUT2D eigenvalue weighted by molar-refractivity contribution is 7.13. The molecule has 0 aromatic carbocycles. The number of carbonyl (C=O) groups is 1. The molecule has 134 valence electrons. The molecule has 1 amide bonds. The van der Waals surface area contributed by atoms with E-state index in [-0.39, 0.29) is 5.91 Å². The molecule has 2 aromatic rings. The van der Waals surface area contributed by atoms with Crippen LogP contribution in [-0.2, 0) is 11.3 Å². The molecule has 0 bridgehead atoms. The van der Waals surface area contributed by atoms with Crippen molar-refractivity contribution in [2.24, 2.45) is 5.73 Å². The monoisotopic (exact) mass is 360 g/mol. The van der Waals surface area contributed by atoms with Crippen molar-refractivity contribution in [1.82, 2.24) is 14.9 Å². The molecule has 1 aliphatic heterocycles. The quantitative estimate of drug-likeness (QED) is 0.812. The van der Waals surface area contributed by atoms with Crippen molar-refractivity contribution >= 4 is 28.2 Å². The summed E-state index contributed by atoms with van der Waals surface area (Å²) in [6.45, 7) is 6.53. The Morgan fingerprint density at radius 3 is 2.84 bits per heavy atom. The molecular formula is C17H24N6OS. The molecule has 1 fully saturated rings. The van der Waals surface area contributed by atoms with Gasteiger partial charge in [-0.2, -0.15) is 0 Å². The zero-order valence-corrected chi connectivity index (χ0v) is 15.2. The zero-order chi connectivity index (χ0) is 17.6. The van der Waals surface area contributed by atoms with Gasteiger partial charge in [0, 0.05) is 44.3 Å². The molecule has 3 heterocycles. The van der Waals surface area contributed by atoms with Gasteiger partial charge in [-0.25, -0.2) is 9.97 Å². The van der Waals surface area contributed by atoms with Crippen molar-refractivity contribution in [3.63, 3.8) is 0 Å². The topological polar surface area (TPSA) is 87.4 Å². The zero-order valence-electron chi connectivity index (χ0n) is 14.4. The van der Waals surface area contributed by atoms with E-state index in [4.69, 9.17) is 5.73 Å². The van der Waals surface area contributed by atoms with Gasteiger partial charge < -0.3 is 16.0 Å². The summed E-state index contributed by atoms with van der Waals surface area (Å²) >= 11 is 1.45. The number of thiazole rings is 1. The van der Waals surface area contributed by atoms with Gasteiger partial charge >= 0.3 is 0 Å². The van der Waals surface area contributed by atoms with Crippen molar-refractivity contribution in [1.29, 1.82) is 0 Å². The summed E-state index contributed by atoms with van der Waals surface area (Å²) in [5.41, 5.74) is 6.71. The number of nitrogens with one attached hydrogen (secondary N) is 1. The Kier molecular flexibility index (Phi) is 5.95. The second-order valence-corrected chi connectivity index (χ2v) is 6.96. The van der Waals surface area contributed by atoms with Crippen LogP contribution in [0.15, 0.2) is 29.8 Å². The Morgan fingerprint density at radius 2 is 2.16 bits per heavy atom. The lowest BCUT2D eigenvalue weighted by Crippen LogP contribution is -2.46. The van der Waals surface area contributed by atoms with E-state index in [1.807, 2.05) is 36.7 Å². The summed E-state index contributed by atoms with van der Waals surface area (Å²) in [6, 6.07) is 5.52. The smallest absolute Gasteiger partial charge is 0.243 e. The summed E-state index contributed by atoms with van der Waals surface area (Å²) in [5, 5.41) is 5.41. The number of carbonyl (C=O) groups excluding carboxylic acids is 1. The Bertz CT molecular complexity index is 683. The summed E-state index contributed by atoms with van der Waals surface area (Å²) in [4.78, 5) is 25.4. The van der Waals surface area contributed by atoms with Crippen LogP contribution in [0.4, 0.5) is 10.9 Å². The Morgan fingerprint density at radius 1 is 1.36 bits per heavy atom. The lowest BCUT2D eigenvalue weighted by atomic mass is 10.2. The number of anilines is 2. The molecule has 1 saturated heterocycles. The lowest BCUT2D eigenvalue weighted by molar-refractivity contribution is -0.117. The molecule has 0 radical (unpaired) electrons. The maximum absolute atomic E-state index is 11.8. The van der Waals surface area contributed by atoms with Gasteiger partial charge in [0.15, 0.2) is 5.13 Å². The van der Waals surface area contributed by atoms with E-state index in [1.165, 1.54) is 11.3 Å². The van der Waals surface area contributed by atoms with Gasteiger partial charge in [0.2, 0.25) is 5.91 Å². The molecule has 3 N–H and O–H groups in total. The normalized spacial score (nSPS) is 16.6. The van der Waals surface area contributed by atoms with E-state index in [1.54, 1.807) is 0 Å². The minimum Gasteiger partial charge on any atom is -0.354 e. The Hall–Kier alpha value is -2.03. The molecule has 1 atom stereocenters. The van der Waals surface area contributed by atoms with Crippen LogP contribution >= 0.6 is 11.3 Å². The van der Waals surface area contributed by atoms with E-state index in [2.05, 4.69) is 25.1 Å². The minimum absolute atomic E-state index is 0.174. The number of rotatable bonds is 6. The van der Waals surface area contributed by atoms with Gasteiger partial charge in [-0.1, -0.05) is 13.0 Å². The molecule has 0 aliphatic carbocycles. The third kappa shape index (κ3) is 4.75. The summed E-state index contributed by atoms with van der Waals surface area (Å²) in [5.74, 6) is 0.862. The maximum Gasteiger partial charge on any atom is 0.243 e. The molecule has 8 heteroatoms. The summed E-state index contributed by atoms with van der Waals surface area (Å²) < 4.78 is 0. The van der Waals surface area contributed by atoms with Crippen molar-refractivity contribution in [3.8, 4) is 0 Å². The third-order valence-corrected chi connectivity index (χ3v) is 5.10. The number of hydrogen-bond acceptors (Lipinski definition) is 7. The van der Waals surface area contributed by atoms with Crippen LogP contribution in [0.2, 0.25) is 0 Å². The number of nitrogens with two attached hydrogens (primary N) is 1. The SMILES string of the molecule is CC[C@H](N)C(=O)Nc1nc(CN2CCN(c3ccccn3)CC2)cs1. The molecule has 1 aliphatic rings. The van der Waals surface area contributed by atoms with Crippen molar-refractivity contribution < 1.29 is 4.79 Å². The summed E-state index contributed by atoms with van der Waals surface area (Å²) in [6.07, 6.45) is 2.45. The first-order chi connectivity index (χ1) is 12.2. The number of piperazine rings is 1. The van der Waals surface area contributed by atoms with Gasteiger partial charge in [0.05, 0.1) is 11.7 Å². The number of nitrogens with zero attached hydrogens (tertiary/aromatic N) is 4. The molecule has 25 heavy (non-hydrogen) atoms. The van der Waals surface area contributed by atoms with Crippen LogP contribution in [0.3, 0.4) is 0 Å². The average molecular weight is 360 g/mol. The van der Waals surface area contributed by atoms with Crippen molar-refractivity contribution in [2.75, 3.05) is 36.4 Å². The predicted molar refractivity (Wildman–Crippen MR) is 101 cm³/mol. The van der Waals surface area contributed by atoms with E-state index >= 15 is 0 Å². The Labute approximate surface area is 151 Å². The van der Waals surface area contributed by atoms with E-state index < -0.39 is 6.04 Å². The second kappa shape index (κ2) is 8.37. The number of amides is 1. The fourth-order valence-corrected chi connectivity index (χ4v) is 3.43. The van der Waals surface area contributed by atoms with Crippen LogP contribution in [0, 0.1) is 0 Å². The van der Waals surface area contributed by atoms with Crippen molar-refractivity contribution in [2.45, 2.75) is 25.9 Å². The van der Waals surface area contributed by atoms with E-state index in [0.717, 1.165) is 44.2 Å². The maximum atomic E-state index is 11.8. The highest BCUT2D eigenvalue weighted by Gasteiger charge is 2.19. The van der Waals surface area contributed by atoms with Crippen LogP contribution < -0.4 is 16.0 Å². The van der Waals surface area contributed by atoms with E-state index in [0.29, 0.717) is 11.6 Å². The van der Waals surface area contributed by atoms with Gasteiger partial charge in [0.1, 0.15) is 5.82 Å². The predicted octanol–water partition coefficient (Wildman–Crippen LogP) is 1.54. The molecule has 2 aromatic heterocycles. The van der Waals surface area contributed by atoms with Crippen LogP contribution in [0.5, 0.6) is 0 Å².